The lowest BCUT2D eigenvalue weighted by Gasteiger charge is -2.38. The molecule has 2 heterocycles. The van der Waals surface area contributed by atoms with Crippen LogP contribution in [0.15, 0.2) is 36.9 Å². The Balaban J connectivity index is 1.44. The molecule has 29 heavy (non-hydrogen) atoms. The third-order valence-corrected chi connectivity index (χ3v) is 6.73. The zero-order valence-corrected chi connectivity index (χ0v) is 17.8. The monoisotopic (exact) mass is 398 g/mol. The zero-order chi connectivity index (χ0) is 20.8. The van der Waals surface area contributed by atoms with Gasteiger partial charge < -0.3 is 14.5 Å². The predicted molar refractivity (Wildman–Crippen MR) is 115 cm³/mol. The highest BCUT2D eigenvalue weighted by molar-refractivity contribution is 5.87. The molecule has 2 saturated heterocycles. The van der Waals surface area contributed by atoms with Gasteiger partial charge in [-0.15, -0.1) is 0 Å². The Morgan fingerprint density at radius 3 is 2.21 bits per heavy atom. The van der Waals surface area contributed by atoms with E-state index in [0.29, 0.717) is 17.7 Å². The number of nitrogens with zero attached hydrogens (tertiary/aromatic N) is 2. The van der Waals surface area contributed by atoms with Gasteiger partial charge in [-0.3, -0.25) is 9.59 Å². The number of methoxy groups -OCH3 is 1. The van der Waals surface area contributed by atoms with Crippen molar-refractivity contribution in [2.75, 3.05) is 33.3 Å². The summed E-state index contributed by atoms with van der Waals surface area (Å²) in [6.07, 6.45) is 6.39. The minimum atomic E-state index is 0.00126. The number of carbonyl (C=O) groups is 2. The van der Waals surface area contributed by atoms with E-state index >= 15 is 0 Å². The van der Waals surface area contributed by atoms with E-state index in [4.69, 9.17) is 4.74 Å². The van der Waals surface area contributed by atoms with Crippen LogP contribution in [0.25, 0.3) is 0 Å². The molecule has 2 aliphatic rings. The maximum atomic E-state index is 13.0. The van der Waals surface area contributed by atoms with Crippen LogP contribution in [0, 0.1) is 17.8 Å². The Hall–Kier alpha value is -2.30. The third-order valence-electron chi connectivity index (χ3n) is 6.73. The zero-order valence-electron chi connectivity index (χ0n) is 17.8. The predicted octanol–water partition coefficient (Wildman–Crippen LogP) is 3.54. The molecule has 1 aromatic rings. The molecule has 158 valence electrons. The van der Waals surface area contributed by atoms with Crippen molar-refractivity contribution in [2.24, 2.45) is 17.8 Å². The highest BCUT2D eigenvalue weighted by Gasteiger charge is 2.33. The molecule has 0 aromatic heterocycles. The molecule has 5 nitrogen and oxygen atoms in total. The van der Waals surface area contributed by atoms with Crippen LogP contribution in [0.5, 0.6) is 5.75 Å². The molecular formula is C24H34N2O3. The van der Waals surface area contributed by atoms with Gasteiger partial charge in [0.15, 0.2) is 0 Å². The van der Waals surface area contributed by atoms with Crippen LogP contribution >= 0.6 is 0 Å². The van der Waals surface area contributed by atoms with Crippen molar-refractivity contribution in [3.05, 3.63) is 42.5 Å². The molecule has 0 saturated carbocycles. The summed E-state index contributed by atoms with van der Waals surface area (Å²) in [4.78, 5) is 28.7. The molecule has 0 spiro atoms. The number of hydrogen-bond acceptors (Lipinski definition) is 3. The Bertz CT molecular complexity index is 699. The largest absolute Gasteiger partial charge is 0.497 e. The highest BCUT2D eigenvalue weighted by Crippen LogP contribution is 2.29. The average Bonchev–Trinajstić information content (AvgIpc) is 2.78. The molecule has 5 heteroatoms. The summed E-state index contributed by atoms with van der Waals surface area (Å²) in [5.74, 6) is 2.23. The normalized spacial score (nSPS) is 19.7. The number of likely N-dealkylation sites (tertiary alicyclic amines) is 2. The summed E-state index contributed by atoms with van der Waals surface area (Å²) < 4.78 is 5.23. The number of benzene rings is 1. The topological polar surface area (TPSA) is 49.9 Å². The molecular weight excluding hydrogens is 364 g/mol. The van der Waals surface area contributed by atoms with Crippen molar-refractivity contribution in [1.82, 2.24) is 9.80 Å². The molecule has 1 aromatic carbocycles. The van der Waals surface area contributed by atoms with Crippen LogP contribution in [0.2, 0.25) is 0 Å². The van der Waals surface area contributed by atoms with Gasteiger partial charge in [0.05, 0.1) is 7.11 Å². The summed E-state index contributed by atoms with van der Waals surface area (Å²) in [5, 5.41) is 0. The first kappa shape index (κ1) is 21.4. The van der Waals surface area contributed by atoms with Crippen LogP contribution in [0.3, 0.4) is 0 Å². The van der Waals surface area contributed by atoms with Gasteiger partial charge in [-0.1, -0.05) is 25.6 Å². The van der Waals surface area contributed by atoms with Crippen LogP contribution < -0.4 is 4.74 Å². The van der Waals surface area contributed by atoms with E-state index in [2.05, 4.69) is 30.5 Å². The van der Waals surface area contributed by atoms with Gasteiger partial charge in [0.1, 0.15) is 5.75 Å². The molecule has 2 fully saturated rings. The third kappa shape index (κ3) is 5.40. The molecule has 0 bridgehead atoms. The van der Waals surface area contributed by atoms with Crippen LogP contribution in [0.4, 0.5) is 0 Å². The minimum Gasteiger partial charge on any atom is -0.497 e. The molecule has 1 unspecified atom stereocenters. The molecule has 3 rings (SSSR count). The number of piperidine rings is 2. The van der Waals surface area contributed by atoms with E-state index in [9.17, 15) is 9.59 Å². The molecule has 0 radical (unpaired) electrons. The van der Waals surface area contributed by atoms with E-state index in [1.165, 1.54) is 11.6 Å². The first-order chi connectivity index (χ1) is 14.0. The number of rotatable bonds is 6. The second-order valence-electron chi connectivity index (χ2n) is 8.48. The number of amides is 2. The summed E-state index contributed by atoms with van der Waals surface area (Å²) in [6, 6.07) is 8.32. The Morgan fingerprint density at radius 1 is 1.07 bits per heavy atom. The van der Waals surface area contributed by atoms with E-state index in [-0.39, 0.29) is 11.8 Å². The van der Waals surface area contributed by atoms with Gasteiger partial charge in [-0.2, -0.15) is 0 Å². The summed E-state index contributed by atoms with van der Waals surface area (Å²) in [5.41, 5.74) is 1.34. The van der Waals surface area contributed by atoms with Gasteiger partial charge in [-0.05, 0) is 67.7 Å². The molecule has 1 atom stereocenters. The van der Waals surface area contributed by atoms with Crippen molar-refractivity contribution >= 4 is 11.8 Å². The summed E-state index contributed by atoms with van der Waals surface area (Å²) in [7, 11) is 1.69. The van der Waals surface area contributed by atoms with Crippen molar-refractivity contribution in [3.8, 4) is 5.75 Å². The Labute approximate surface area is 174 Å². The Kier molecular flexibility index (Phi) is 7.34. The summed E-state index contributed by atoms with van der Waals surface area (Å²) in [6.45, 7) is 8.82. The van der Waals surface area contributed by atoms with E-state index in [0.717, 1.165) is 64.0 Å². The fourth-order valence-corrected chi connectivity index (χ4v) is 4.69. The Morgan fingerprint density at radius 2 is 1.66 bits per heavy atom. The quantitative estimate of drug-likeness (QED) is 0.689. The maximum Gasteiger partial charge on any atom is 0.245 e. The molecule has 2 aliphatic heterocycles. The van der Waals surface area contributed by atoms with E-state index in [1.54, 1.807) is 7.11 Å². The lowest BCUT2D eigenvalue weighted by atomic mass is 9.83. The van der Waals surface area contributed by atoms with Crippen LogP contribution in [-0.2, 0) is 16.0 Å². The smallest absolute Gasteiger partial charge is 0.245 e. The van der Waals surface area contributed by atoms with Crippen molar-refractivity contribution in [3.63, 3.8) is 0 Å². The van der Waals surface area contributed by atoms with Gasteiger partial charge >= 0.3 is 0 Å². The standard InChI is InChI=1S/C24H34N2O3/c1-4-23(27)25-15-11-21(12-16-25)18(2)24(28)26-13-9-20(10-14-26)17-19-5-7-22(29-3)8-6-19/h4-8,18,20-21H,1,9-17H2,2-3H3. The lowest BCUT2D eigenvalue weighted by molar-refractivity contribution is -0.139. The van der Waals surface area contributed by atoms with E-state index < -0.39 is 0 Å². The first-order valence-corrected chi connectivity index (χ1v) is 10.8. The van der Waals surface area contributed by atoms with Gasteiger partial charge in [0.25, 0.3) is 0 Å². The first-order valence-electron chi connectivity index (χ1n) is 10.8. The molecule has 2 amide bonds. The fourth-order valence-electron chi connectivity index (χ4n) is 4.69. The average molecular weight is 399 g/mol. The number of ether oxygens (including phenoxy) is 1. The van der Waals surface area contributed by atoms with Gasteiger partial charge in [-0.25, -0.2) is 0 Å². The van der Waals surface area contributed by atoms with Crippen molar-refractivity contribution in [1.29, 1.82) is 0 Å². The van der Waals surface area contributed by atoms with Crippen molar-refractivity contribution < 1.29 is 14.3 Å². The second-order valence-corrected chi connectivity index (χ2v) is 8.48. The number of hydrogen-bond donors (Lipinski definition) is 0. The SMILES string of the molecule is C=CC(=O)N1CCC(C(C)C(=O)N2CCC(Cc3ccc(OC)cc3)CC2)CC1. The van der Waals surface area contributed by atoms with Crippen LogP contribution in [-0.4, -0.2) is 54.9 Å². The summed E-state index contributed by atoms with van der Waals surface area (Å²) >= 11 is 0. The number of carbonyl (C=O) groups excluding carboxylic acids is 2. The maximum absolute atomic E-state index is 13.0. The fraction of sp³-hybridized carbons (Fsp3) is 0.583. The molecule has 0 N–H and O–H groups in total. The van der Waals surface area contributed by atoms with Crippen molar-refractivity contribution in [2.45, 2.75) is 39.0 Å². The highest BCUT2D eigenvalue weighted by atomic mass is 16.5. The van der Waals surface area contributed by atoms with Crippen LogP contribution in [0.1, 0.15) is 38.2 Å². The molecule has 0 aliphatic carbocycles. The van der Waals surface area contributed by atoms with E-state index in [1.807, 2.05) is 17.0 Å². The minimum absolute atomic E-state index is 0.00126. The van der Waals surface area contributed by atoms with Gasteiger partial charge in [0, 0.05) is 32.1 Å². The lowest BCUT2D eigenvalue weighted by Crippen LogP contribution is -2.45. The van der Waals surface area contributed by atoms with Gasteiger partial charge in [0.2, 0.25) is 11.8 Å². The second kappa shape index (κ2) is 9.95.